The zero-order valence-electron chi connectivity index (χ0n) is 24.5. The van der Waals surface area contributed by atoms with Crippen LogP contribution < -0.4 is 0 Å². The molecular weight excluding hydrogens is 585 g/mol. The van der Waals surface area contributed by atoms with Gasteiger partial charge in [0.2, 0.25) is 0 Å². The van der Waals surface area contributed by atoms with E-state index in [2.05, 4.69) is 60.7 Å². The van der Waals surface area contributed by atoms with E-state index in [1.54, 1.807) is 11.3 Å². The standard InChI is InChI=1S/C40H24N4OS/c1-4-13-25(14-5-1)37-42-38(26-15-6-2-7-16-26)44-39(43-37)31-22-10-21-30-34-28(19-11-23-32(34)45-36(30)31)29-20-12-24-33-35(29)41-40(46-33)27-17-8-3-9-18-27/h1-24H. The van der Waals surface area contributed by atoms with Crippen molar-refractivity contribution in [1.82, 2.24) is 19.9 Å². The molecular formula is C40H24N4OS. The Hall–Kier alpha value is -5.98. The summed E-state index contributed by atoms with van der Waals surface area (Å²) in [4.78, 5) is 20.0. The minimum absolute atomic E-state index is 0.563. The summed E-state index contributed by atoms with van der Waals surface area (Å²) in [5.41, 5.74) is 8.47. The van der Waals surface area contributed by atoms with Crippen molar-refractivity contribution in [2.24, 2.45) is 0 Å². The van der Waals surface area contributed by atoms with E-state index in [0.717, 1.165) is 70.5 Å². The molecule has 0 aliphatic heterocycles. The summed E-state index contributed by atoms with van der Waals surface area (Å²) in [6.07, 6.45) is 0. The van der Waals surface area contributed by atoms with Gasteiger partial charge < -0.3 is 4.42 Å². The van der Waals surface area contributed by atoms with Gasteiger partial charge in [-0.3, -0.25) is 0 Å². The molecule has 9 aromatic rings. The SMILES string of the molecule is c1ccc(-c2nc(-c3ccccc3)nc(-c3cccc4c3oc3cccc(-c5cccc6sc(-c7ccccc7)nc56)c34)n2)cc1. The van der Waals surface area contributed by atoms with Crippen molar-refractivity contribution >= 4 is 43.5 Å². The monoisotopic (exact) mass is 608 g/mol. The molecule has 0 fully saturated rings. The topological polar surface area (TPSA) is 64.7 Å². The van der Waals surface area contributed by atoms with Gasteiger partial charge in [-0.15, -0.1) is 11.3 Å². The fourth-order valence-electron chi connectivity index (χ4n) is 6.05. The van der Waals surface area contributed by atoms with E-state index in [-0.39, 0.29) is 0 Å². The number of furan rings is 1. The Morgan fingerprint density at radius 2 is 1.00 bits per heavy atom. The van der Waals surface area contributed by atoms with Crippen LogP contribution in [0.4, 0.5) is 0 Å². The molecule has 3 aromatic heterocycles. The molecule has 0 amide bonds. The quantitative estimate of drug-likeness (QED) is 0.194. The van der Waals surface area contributed by atoms with Crippen LogP contribution in [0, 0.1) is 0 Å². The summed E-state index contributed by atoms with van der Waals surface area (Å²) in [5.74, 6) is 1.79. The third kappa shape index (κ3) is 4.47. The first-order chi connectivity index (χ1) is 22.8. The van der Waals surface area contributed by atoms with E-state index >= 15 is 0 Å². The molecule has 0 aliphatic carbocycles. The Kier molecular flexibility index (Phi) is 6.25. The number of thiazole rings is 1. The molecule has 0 saturated carbocycles. The second-order valence-electron chi connectivity index (χ2n) is 11.0. The molecule has 3 heterocycles. The van der Waals surface area contributed by atoms with E-state index in [4.69, 9.17) is 24.4 Å². The molecule has 0 unspecified atom stereocenters. The van der Waals surface area contributed by atoms with Gasteiger partial charge in [-0.05, 0) is 23.8 Å². The molecule has 0 saturated heterocycles. The molecule has 0 aliphatic rings. The first-order valence-corrected chi connectivity index (χ1v) is 15.9. The molecule has 46 heavy (non-hydrogen) atoms. The maximum Gasteiger partial charge on any atom is 0.167 e. The van der Waals surface area contributed by atoms with Crippen LogP contribution in [0.15, 0.2) is 150 Å². The van der Waals surface area contributed by atoms with E-state index in [0.29, 0.717) is 17.5 Å². The Balaban J connectivity index is 1.26. The summed E-state index contributed by atoms with van der Waals surface area (Å²) in [6, 6.07) is 49.2. The summed E-state index contributed by atoms with van der Waals surface area (Å²) >= 11 is 1.71. The van der Waals surface area contributed by atoms with Gasteiger partial charge in [0.25, 0.3) is 0 Å². The van der Waals surface area contributed by atoms with Crippen LogP contribution >= 0.6 is 11.3 Å². The lowest BCUT2D eigenvalue weighted by Crippen LogP contribution is -2.00. The minimum atomic E-state index is 0.563. The van der Waals surface area contributed by atoms with Gasteiger partial charge in [-0.2, -0.15) is 0 Å². The number of hydrogen-bond donors (Lipinski definition) is 0. The summed E-state index contributed by atoms with van der Waals surface area (Å²) in [5, 5.41) is 3.05. The van der Waals surface area contributed by atoms with Crippen molar-refractivity contribution in [3.8, 4) is 55.9 Å². The number of rotatable bonds is 5. The maximum absolute atomic E-state index is 6.66. The molecule has 0 atom stereocenters. The molecule has 5 nitrogen and oxygen atoms in total. The number of aromatic nitrogens is 4. The predicted molar refractivity (Wildman–Crippen MR) is 187 cm³/mol. The van der Waals surface area contributed by atoms with Gasteiger partial charge in [-0.25, -0.2) is 19.9 Å². The highest BCUT2D eigenvalue weighted by Crippen LogP contribution is 2.43. The van der Waals surface area contributed by atoms with Crippen molar-refractivity contribution < 1.29 is 4.42 Å². The average molecular weight is 609 g/mol. The van der Waals surface area contributed by atoms with Gasteiger partial charge in [0.1, 0.15) is 16.2 Å². The number of hydrogen-bond acceptors (Lipinski definition) is 6. The van der Waals surface area contributed by atoms with Gasteiger partial charge in [0.15, 0.2) is 17.5 Å². The lowest BCUT2D eigenvalue weighted by Gasteiger charge is -2.08. The zero-order valence-corrected chi connectivity index (χ0v) is 25.3. The molecule has 216 valence electrons. The predicted octanol–water partition coefficient (Wildman–Crippen LogP) is 10.7. The molecule has 6 heteroatoms. The lowest BCUT2D eigenvalue weighted by molar-refractivity contribution is 0.669. The highest BCUT2D eigenvalue weighted by atomic mass is 32.1. The van der Waals surface area contributed by atoms with Crippen LogP contribution in [-0.4, -0.2) is 19.9 Å². The first-order valence-electron chi connectivity index (χ1n) is 15.1. The Morgan fingerprint density at radius 1 is 0.435 bits per heavy atom. The summed E-state index contributed by atoms with van der Waals surface area (Å²) < 4.78 is 7.81. The van der Waals surface area contributed by atoms with Crippen LogP contribution in [0.2, 0.25) is 0 Å². The Bertz CT molecular complexity index is 2470. The van der Waals surface area contributed by atoms with E-state index in [1.165, 1.54) is 0 Å². The Morgan fingerprint density at radius 3 is 1.70 bits per heavy atom. The van der Waals surface area contributed by atoms with Crippen LogP contribution in [0.1, 0.15) is 0 Å². The second-order valence-corrected chi connectivity index (χ2v) is 12.1. The van der Waals surface area contributed by atoms with Crippen molar-refractivity contribution in [1.29, 1.82) is 0 Å². The highest BCUT2D eigenvalue weighted by Gasteiger charge is 2.21. The largest absolute Gasteiger partial charge is 0.455 e. The molecule has 9 rings (SSSR count). The van der Waals surface area contributed by atoms with Gasteiger partial charge in [-0.1, -0.05) is 127 Å². The summed E-state index contributed by atoms with van der Waals surface area (Å²) in [6.45, 7) is 0. The Labute approximate surface area is 268 Å². The molecule has 0 bridgehead atoms. The van der Waals surface area contributed by atoms with Crippen molar-refractivity contribution in [3.63, 3.8) is 0 Å². The molecule has 0 spiro atoms. The normalized spacial score (nSPS) is 11.5. The van der Waals surface area contributed by atoms with E-state index < -0.39 is 0 Å². The molecule has 0 N–H and O–H groups in total. The number of benzene rings is 6. The van der Waals surface area contributed by atoms with Gasteiger partial charge >= 0.3 is 0 Å². The van der Waals surface area contributed by atoms with Crippen LogP contribution in [0.25, 0.3) is 88.0 Å². The average Bonchev–Trinajstić information content (AvgIpc) is 3.75. The van der Waals surface area contributed by atoms with Gasteiger partial charge in [0.05, 0.1) is 15.8 Å². The second kappa shape index (κ2) is 10.9. The third-order valence-electron chi connectivity index (χ3n) is 8.19. The molecule has 0 radical (unpaired) electrons. The van der Waals surface area contributed by atoms with Crippen molar-refractivity contribution in [3.05, 3.63) is 146 Å². The van der Waals surface area contributed by atoms with Crippen molar-refractivity contribution in [2.45, 2.75) is 0 Å². The summed E-state index contributed by atoms with van der Waals surface area (Å²) in [7, 11) is 0. The first kappa shape index (κ1) is 26.4. The zero-order chi connectivity index (χ0) is 30.5. The number of fused-ring (bicyclic) bond motifs is 4. The van der Waals surface area contributed by atoms with Gasteiger partial charge in [0, 0.05) is 33.0 Å². The third-order valence-corrected chi connectivity index (χ3v) is 9.26. The van der Waals surface area contributed by atoms with Crippen LogP contribution in [-0.2, 0) is 0 Å². The lowest BCUT2D eigenvalue weighted by atomic mass is 9.98. The van der Waals surface area contributed by atoms with E-state index in [1.807, 2.05) is 84.9 Å². The van der Waals surface area contributed by atoms with Crippen molar-refractivity contribution in [2.75, 3.05) is 0 Å². The smallest absolute Gasteiger partial charge is 0.167 e. The van der Waals surface area contributed by atoms with Crippen LogP contribution in [0.5, 0.6) is 0 Å². The number of nitrogens with zero attached hydrogens (tertiary/aromatic N) is 4. The van der Waals surface area contributed by atoms with Crippen LogP contribution in [0.3, 0.4) is 0 Å². The molecule has 6 aromatic carbocycles. The minimum Gasteiger partial charge on any atom is -0.455 e. The highest BCUT2D eigenvalue weighted by molar-refractivity contribution is 7.21. The fraction of sp³-hybridized carbons (Fsp3) is 0. The van der Waals surface area contributed by atoms with E-state index in [9.17, 15) is 0 Å². The fourth-order valence-corrected chi connectivity index (χ4v) is 7.05. The number of para-hydroxylation sites is 2. The maximum atomic E-state index is 6.66.